The minimum atomic E-state index is -0.222. The van der Waals surface area contributed by atoms with E-state index in [1.807, 2.05) is 45.0 Å². The summed E-state index contributed by atoms with van der Waals surface area (Å²) in [4.78, 5) is 13.6. The lowest BCUT2D eigenvalue weighted by molar-refractivity contribution is -0.117. The number of aromatic nitrogens is 4. The Morgan fingerprint density at radius 1 is 1.14 bits per heavy atom. The second kappa shape index (κ2) is 8.51. The summed E-state index contributed by atoms with van der Waals surface area (Å²) in [5.41, 5.74) is 3.64. The molecule has 0 atom stereocenters. The van der Waals surface area contributed by atoms with Gasteiger partial charge in [0.05, 0.1) is 13.7 Å². The summed E-state index contributed by atoms with van der Waals surface area (Å²) >= 11 is 0. The van der Waals surface area contributed by atoms with Crippen molar-refractivity contribution in [2.45, 2.75) is 27.3 Å². The van der Waals surface area contributed by atoms with Crippen LogP contribution in [0.4, 0.5) is 5.69 Å². The number of hydrogen-bond donors (Lipinski definition) is 1. The van der Waals surface area contributed by atoms with Crippen molar-refractivity contribution >= 4 is 11.6 Å². The van der Waals surface area contributed by atoms with E-state index in [1.165, 1.54) is 4.80 Å². The lowest BCUT2D eigenvalue weighted by Gasteiger charge is -2.09. The molecule has 28 heavy (non-hydrogen) atoms. The van der Waals surface area contributed by atoms with Crippen LogP contribution in [-0.4, -0.2) is 39.8 Å². The number of carbonyl (C=O) groups excluding carboxylic acids is 1. The molecule has 0 aliphatic heterocycles. The number of nitrogens with zero attached hydrogens (tertiary/aromatic N) is 4. The summed E-state index contributed by atoms with van der Waals surface area (Å²) in [6.07, 6.45) is 0. The Morgan fingerprint density at radius 2 is 1.96 bits per heavy atom. The average Bonchev–Trinajstić information content (AvgIpc) is 3.12. The van der Waals surface area contributed by atoms with Crippen LogP contribution in [0.2, 0.25) is 0 Å². The van der Waals surface area contributed by atoms with E-state index in [4.69, 9.17) is 9.47 Å². The molecular formula is C20H23N5O3. The van der Waals surface area contributed by atoms with Crippen molar-refractivity contribution in [1.29, 1.82) is 0 Å². The van der Waals surface area contributed by atoms with E-state index in [2.05, 4.69) is 20.7 Å². The molecule has 0 aliphatic carbocycles. The fraction of sp³-hybridized carbons (Fsp3) is 0.300. The Bertz CT molecular complexity index is 984. The van der Waals surface area contributed by atoms with Gasteiger partial charge >= 0.3 is 0 Å². The van der Waals surface area contributed by atoms with Crippen molar-refractivity contribution in [2.75, 3.05) is 19.0 Å². The third kappa shape index (κ3) is 4.46. The van der Waals surface area contributed by atoms with Crippen LogP contribution in [-0.2, 0) is 11.3 Å². The molecule has 0 saturated heterocycles. The molecular weight excluding hydrogens is 358 g/mol. The average molecular weight is 381 g/mol. The lowest BCUT2D eigenvalue weighted by atomic mass is 10.1. The molecule has 0 fully saturated rings. The van der Waals surface area contributed by atoms with Gasteiger partial charge in [0.2, 0.25) is 11.7 Å². The number of anilines is 1. The molecule has 1 N–H and O–H groups in total. The largest absolute Gasteiger partial charge is 0.493 e. The van der Waals surface area contributed by atoms with E-state index in [0.717, 1.165) is 22.4 Å². The second-order valence-corrected chi connectivity index (χ2v) is 6.31. The second-order valence-electron chi connectivity index (χ2n) is 6.31. The smallest absolute Gasteiger partial charge is 0.248 e. The number of carbonyl (C=O) groups is 1. The van der Waals surface area contributed by atoms with Crippen LogP contribution in [0.15, 0.2) is 36.4 Å². The summed E-state index contributed by atoms with van der Waals surface area (Å²) in [5.74, 6) is 1.42. The van der Waals surface area contributed by atoms with Gasteiger partial charge in [0, 0.05) is 11.3 Å². The number of hydrogen-bond acceptors (Lipinski definition) is 6. The lowest BCUT2D eigenvalue weighted by Crippen LogP contribution is -2.21. The highest BCUT2D eigenvalue weighted by Gasteiger charge is 2.13. The van der Waals surface area contributed by atoms with E-state index >= 15 is 0 Å². The van der Waals surface area contributed by atoms with E-state index < -0.39 is 0 Å². The third-order valence-electron chi connectivity index (χ3n) is 4.12. The first-order valence-electron chi connectivity index (χ1n) is 8.96. The van der Waals surface area contributed by atoms with Gasteiger partial charge in [0.1, 0.15) is 6.54 Å². The Kier molecular flexibility index (Phi) is 5.88. The predicted octanol–water partition coefficient (Wildman–Crippen LogP) is 3.00. The molecule has 8 heteroatoms. The maximum absolute atomic E-state index is 12.3. The van der Waals surface area contributed by atoms with Gasteiger partial charge in [-0.3, -0.25) is 4.79 Å². The molecule has 8 nitrogen and oxygen atoms in total. The topological polar surface area (TPSA) is 91.2 Å². The maximum Gasteiger partial charge on any atom is 0.248 e. The van der Waals surface area contributed by atoms with Crippen LogP contribution < -0.4 is 14.8 Å². The van der Waals surface area contributed by atoms with Crippen LogP contribution >= 0.6 is 0 Å². The highest BCUT2D eigenvalue weighted by atomic mass is 16.5. The van der Waals surface area contributed by atoms with E-state index in [0.29, 0.717) is 23.9 Å². The first-order valence-corrected chi connectivity index (χ1v) is 8.96. The number of aryl methyl sites for hydroxylation is 2. The van der Waals surface area contributed by atoms with Crippen LogP contribution in [0.5, 0.6) is 11.5 Å². The quantitative estimate of drug-likeness (QED) is 0.676. The van der Waals surface area contributed by atoms with Crippen LogP contribution in [0.3, 0.4) is 0 Å². The van der Waals surface area contributed by atoms with Crippen molar-refractivity contribution in [3.05, 3.63) is 47.5 Å². The van der Waals surface area contributed by atoms with Crippen molar-refractivity contribution < 1.29 is 14.3 Å². The van der Waals surface area contributed by atoms with Gasteiger partial charge in [0.15, 0.2) is 11.5 Å². The fourth-order valence-electron chi connectivity index (χ4n) is 2.78. The molecule has 146 valence electrons. The molecule has 0 unspecified atom stereocenters. The van der Waals surface area contributed by atoms with E-state index in [-0.39, 0.29) is 12.5 Å². The monoisotopic (exact) mass is 381 g/mol. The zero-order valence-electron chi connectivity index (χ0n) is 16.4. The van der Waals surface area contributed by atoms with E-state index in [1.54, 1.807) is 19.2 Å². The number of nitrogens with one attached hydrogen (secondary N) is 1. The van der Waals surface area contributed by atoms with Gasteiger partial charge < -0.3 is 14.8 Å². The third-order valence-corrected chi connectivity index (χ3v) is 4.12. The molecule has 0 saturated carbocycles. The standard InChI is InChI=1S/C20H23N5O3/c1-5-28-18-11-15(7-9-17(18)27-4)20-22-24-25(23-20)12-19(26)21-16-8-6-13(2)10-14(16)3/h6-11H,5,12H2,1-4H3,(H,21,26). The Balaban J connectivity index is 1.71. The number of ether oxygens (including phenoxy) is 2. The molecule has 0 bridgehead atoms. The van der Waals surface area contributed by atoms with Crippen molar-refractivity contribution in [1.82, 2.24) is 20.2 Å². The summed E-state index contributed by atoms with van der Waals surface area (Å²) in [6, 6.07) is 11.2. The van der Waals surface area contributed by atoms with Crippen molar-refractivity contribution in [3.8, 4) is 22.9 Å². The molecule has 0 aliphatic rings. The summed E-state index contributed by atoms with van der Waals surface area (Å²) in [5, 5.41) is 15.2. The molecule has 0 radical (unpaired) electrons. The minimum absolute atomic E-state index is 0.0329. The minimum Gasteiger partial charge on any atom is -0.493 e. The van der Waals surface area contributed by atoms with Crippen LogP contribution in [0.25, 0.3) is 11.4 Å². The Hall–Kier alpha value is -3.42. The van der Waals surface area contributed by atoms with Crippen LogP contribution in [0.1, 0.15) is 18.1 Å². The molecule has 3 rings (SSSR count). The highest BCUT2D eigenvalue weighted by molar-refractivity contribution is 5.91. The number of rotatable bonds is 7. The zero-order valence-corrected chi connectivity index (χ0v) is 16.4. The molecule has 0 spiro atoms. The fourth-order valence-corrected chi connectivity index (χ4v) is 2.78. The molecule has 1 aromatic heterocycles. The molecule has 1 heterocycles. The Labute approximate surface area is 163 Å². The number of amides is 1. The van der Waals surface area contributed by atoms with Gasteiger partial charge in [-0.2, -0.15) is 4.80 Å². The zero-order chi connectivity index (χ0) is 20.1. The summed E-state index contributed by atoms with van der Waals surface area (Å²) in [6.45, 7) is 6.34. The van der Waals surface area contributed by atoms with Gasteiger partial charge in [-0.25, -0.2) is 0 Å². The molecule has 3 aromatic rings. The van der Waals surface area contributed by atoms with Gasteiger partial charge in [-0.05, 0) is 55.8 Å². The highest BCUT2D eigenvalue weighted by Crippen LogP contribution is 2.31. The van der Waals surface area contributed by atoms with Gasteiger partial charge in [-0.1, -0.05) is 17.7 Å². The maximum atomic E-state index is 12.3. The van der Waals surface area contributed by atoms with Crippen LogP contribution in [0, 0.1) is 13.8 Å². The molecule has 1 amide bonds. The Morgan fingerprint density at radius 3 is 2.68 bits per heavy atom. The van der Waals surface area contributed by atoms with Gasteiger partial charge in [0.25, 0.3) is 0 Å². The van der Waals surface area contributed by atoms with Crippen molar-refractivity contribution in [3.63, 3.8) is 0 Å². The normalized spacial score (nSPS) is 10.6. The molecule has 2 aromatic carbocycles. The van der Waals surface area contributed by atoms with E-state index in [9.17, 15) is 4.79 Å². The first kappa shape index (κ1) is 19.3. The predicted molar refractivity (Wildman–Crippen MR) is 106 cm³/mol. The number of benzene rings is 2. The van der Waals surface area contributed by atoms with Gasteiger partial charge in [-0.15, -0.1) is 10.2 Å². The number of methoxy groups -OCH3 is 1. The first-order chi connectivity index (χ1) is 13.5. The summed E-state index contributed by atoms with van der Waals surface area (Å²) < 4.78 is 10.9. The summed E-state index contributed by atoms with van der Waals surface area (Å²) in [7, 11) is 1.58. The number of tetrazole rings is 1. The van der Waals surface area contributed by atoms with Crippen molar-refractivity contribution in [2.24, 2.45) is 0 Å². The SMILES string of the molecule is CCOc1cc(-c2nnn(CC(=O)Nc3ccc(C)cc3C)n2)ccc1OC.